The average molecular weight is 538 g/mol. The van der Waals surface area contributed by atoms with Crippen molar-refractivity contribution in [2.24, 2.45) is 0 Å². The highest BCUT2D eigenvalue weighted by Gasteiger charge is 2.44. The Kier molecular flexibility index (Phi) is 8.65. The first-order valence-corrected chi connectivity index (χ1v) is 11.3. The second-order valence-corrected chi connectivity index (χ2v) is 8.26. The van der Waals surface area contributed by atoms with Crippen LogP contribution in [-0.2, 0) is 15.7 Å². The molecule has 2 aromatic rings. The van der Waals surface area contributed by atoms with Crippen molar-refractivity contribution in [1.82, 2.24) is 0 Å². The van der Waals surface area contributed by atoms with Gasteiger partial charge in [-0.25, -0.2) is 4.79 Å². The number of alkyl halides is 3. The van der Waals surface area contributed by atoms with Crippen LogP contribution in [0.2, 0.25) is 0 Å². The largest absolute Gasteiger partial charge is 0.507 e. The summed E-state index contributed by atoms with van der Waals surface area (Å²) in [6, 6.07) is 2.47. The van der Waals surface area contributed by atoms with Crippen molar-refractivity contribution in [3.8, 4) is 17.2 Å². The SMILES string of the molecule is O=C1CCCC=Cc2cc(Oc3c([N+](=O)[O-])ccc(C(F)(F)F)c3[N+](=O)[O-])cc(O)c2C(=O)OCCCC1. The highest BCUT2D eigenvalue weighted by atomic mass is 19.4. The molecule has 0 radical (unpaired) electrons. The Morgan fingerprint density at radius 3 is 2.37 bits per heavy atom. The number of phenols is 1. The van der Waals surface area contributed by atoms with Crippen LogP contribution in [0.3, 0.4) is 0 Å². The number of hydrogen-bond acceptors (Lipinski definition) is 9. The normalized spacial score (nSPS) is 15.2. The molecular weight excluding hydrogens is 517 g/mol. The van der Waals surface area contributed by atoms with Crippen LogP contribution in [0.4, 0.5) is 24.5 Å². The molecule has 1 N–H and O–H groups in total. The molecule has 1 heterocycles. The van der Waals surface area contributed by atoms with Gasteiger partial charge < -0.3 is 14.6 Å². The number of Topliss-reactive ketones (excluding diaryl/α,β-unsaturated/α-hetero) is 1. The fraction of sp³-hybridized carbons (Fsp3) is 0.333. The van der Waals surface area contributed by atoms with E-state index in [1.165, 1.54) is 6.08 Å². The molecule has 3 rings (SSSR count). The zero-order valence-corrected chi connectivity index (χ0v) is 19.7. The summed E-state index contributed by atoms with van der Waals surface area (Å²) in [7, 11) is 0. The van der Waals surface area contributed by atoms with Crippen LogP contribution in [0.1, 0.15) is 60.0 Å². The Bertz CT molecular complexity index is 1310. The lowest BCUT2D eigenvalue weighted by Gasteiger charge is -2.14. The third-order valence-electron chi connectivity index (χ3n) is 5.55. The van der Waals surface area contributed by atoms with Crippen LogP contribution in [0, 0.1) is 20.2 Å². The summed E-state index contributed by atoms with van der Waals surface area (Å²) in [5.74, 6) is -3.43. The number of hydrogen-bond donors (Lipinski definition) is 1. The number of esters is 1. The number of nitrogens with zero attached hydrogens (tertiary/aromatic N) is 2. The number of halogens is 3. The van der Waals surface area contributed by atoms with Gasteiger partial charge in [0.05, 0.1) is 16.5 Å². The molecule has 1 aliphatic rings. The number of nitro groups is 2. The number of rotatable bonds is 4. The van der Waals surface area contributed by atoms with Crippen LogP contribution in [0.5, 0.6) is 17.2 Å². The number of aromatic hydroxyl groups is 1. The summed E-state index contributed by atoms with van der Waals surface area (Å²) in [5.41, 5.74) is -4.92. The maximum Gasteiger partial charge on any atom is 0.423 e. The van der Waals surface area contributed by atoms with Gasteiger partial charge in [-0.2, -0.15) is 13.2 Å². The lowest BCUT2D eigenvalue weighted by atomic mass is 10.0. The van der Waals surface area contributed by atoms with Gasteiger partial charge in [-0.1, -0.05) is 12.2 Å². The minimum Gasteiger partial charge on any atom is -0.507 e. The summed E-state index contributed by atoms with van der Waals surface area (Å²) in [6.07, 6.45) is 0.180. The van der Waals surface area contributed by atoms with Crippen molar-refractivity contribution in [1.29, 1.82) is 0 Å². The van der Waals surface area contributed by atoms with Gasteiger partial charge in [0.25, 0.3) is 5.75 Å². The number of phenolic OH excluding ortho intramolecular Hbond substituents is 1. The molecule has 0 unspecified atom stereocenters. The van der Waals surface area contributed by atoms with Gasteiger partial charge >= 0.3 is 23.5 Å². The van der Waals surface area contributed by atoms with Gasteiger partial charge in [0.1, 0.15) is 28.4 Å². The average Bonchev–Trinajstić information content (AvgIpc) is 2.81. The number of fused-ring (bicyclic) bond motifs is 1. The van der Waals surface area contributed by atoms with Gasteiger partial charge in [0.15, 0.2) is 0 Å². The first kappa shape index (κ1) is 28.1. The second-order valence-electron chi connectivity index (χ2n) is 8.26. The van der Waals surface area contributed by atoms with E-state index in [-0.39, 0.29) is 29.6 Å². The molecule has 1 aliphatic heterocycles. The van der Waals surface area contributed by atoms with Crippen LogP contribution in [0.15, 0.2) is 30.3 Å². The Morgan fingerprint density at radius 1 is 1.00 bits per heavy atom. The quantitative estimate of drug-likeness (QED) is 0.275. The van der Waals surface area contributed by atoms with Gasteiger partial charge in [-0.15, -0.1) is 0 Å². The second kappa shape index (κ2) is 11.7. The van der Waals surface area contributed by atoms with Crippen molar-refractivity contribution in [2.45, 2.75) is 44.7 Å². The summed E-state index contributed by atoms with van der Waals surface area (Å²) in [5, 5.41) is 33.6. The van der Waals surface area contributed by atoms with E-state index in [1.54, 1.807) is 6.08 Å². The van der Waals surface area contributed by atoms with Crippen LogP contribution >= 0.6 is 0 Å². The van der Waals surface area contributed by atoms with E-state index in [0.717, 1.165) is 12.1 Å². The Hall–Kier alpha value is -4.49. The molecule has 0 saturated carbocycles. The molecule has 14 heteroatoms. The van der Waals surface area contributed by atoms with Crippen molar-refractivity contribution in [3.05, 3.63) is 67.3 Å². The summed E-state index contributed by atoms with van der Waals surface area (Å²) < 4.78 is 50.7. The number of ketones is 1. The van der Waals surface area contributed by atoms with Crippen LogP contribution in [0.25, 0.3) is 6.08 Å². The van der Waals surface area contributed by atoms with Gasteiger partial charge in [0, 0.05) is 25.0 Å². The third-order valence-corrected chi connectivity index (χ3v) is 5.55. The van der Waals surface area contributed by atoms with Crippen molar-refractivity contribution in [2.75, 3.05) is 6.61 Å². The molecule has 0 aromatic heterocycles. The fourth-order valence-corrected chi connectivity index (χ4v) is 3.78. The third kappa shape index (κ3) is 6.63. The molecule has 38 heavy (non-hydrogen) atoms. The number of benzene rings is 2. The lowest BCUT2D eigenvalue weighted by molar-refractivity contribution is -0.397. The Labute approximate surface area is 212 Å². The molecule has 0 aliphatic carbocycles. The minimum atomic E-state index is -5.23. The van der Waals surface area contributed by atoms with Gasteiger partial charge in [-0.3, -0.25) is 25.0 Å². The standard InChI is InChI=1S/C24H21F3N2O9/c25-24(26,27)17-9-10-18(28(33)34)22(21(17)29(35)36)38-16-12-14-6-2-1-3-7-15(30)8-4-5-11-37-23(32)20(14)19(31)13-16/h2,6,9-10,12-13,31H,1,3-5,7-8,11H2. The maximum absolute atomic E-state index is 13.4. The van der Waals surface area contributed by atoms with Crippen LogP contribution in [-0.4, -0.2) is 33.3 Å². The van der Waals surface area contributed by atoms with E-state index in [9.17, 15) is 48.1 Å². The van der Waals surface area contributed by atoms with Crippen molar-refractivity contribution >= 4 is 29.2 Å². The molecule has 0 amide bonds. The van der Waals surface area contributed by atoms with Gasteiger partial charge in [-0.05, 0) is 43.4 Å². The topological polar surface area (TPSA) is 159 Å². The first-order valence-electron chi connectivity index (χ1n) is 11.3. The molecule has 0 saturated heterocycles. The maximum atomic E-state index is 13.4. The molecule has 0 fully saturated rings. The molecule has 0 spiro atoms. The zero-order chi connectivity index (χ0) is 28.0. The summed E-state index contributed by atoms with van der Waals surface area (Å²) in [4.78, 5) is 44.9. The highest BCUT2D eigenvalue weighted by molar-refractivity contribution is 5.97. The number of cyclic esters (lactones) is 1. The van der Waals surface area contributed by atoms with Crippen molar-refractivity contribution < 1.29 is 47.2 Å². The fourth-order valence-electron chi connectivity index (χ4n) is 3.78. The summed E-state index contributed by atoms with van der Waals surface area (Å²) in [6.45, 7) is -0.0460. The van der Waals surface area contributed by atoms with E-state index >= 15 is 0 Å². The monoisotopic (exact) mass is 538 g/mol. The molecule has 2 aromatic carbocycles. The highest BCUT2D eigenvalue weighted by Crippen LogP contribution is 2.48. The molecule has 0 atom stereocenters. The molecular formula is C24H21F3N2O9. The number of ether oxygens (including phenoxy) is 2. The predicted octanol–water partition coefficient (Wildman–Crippen LogP) is 6.11. The minimum absolute atomic E-state index is 0.0225. The van der Waals surface area contributed by atoms with E-state index in [2.05, 4.69) is 0 Å². The lowest BCUT2D eigenvalue weighted by Crippen LogP contribution is -2.11. The van der Waals surface area contributed by atoms with E-state index in [0.29, 0.717) is 44.6 Å². The number of allylic oxidation sites excluding steroid dienone is 1. The smallest absolute Gasteiger partial charge is 0.423 e. The number of carbonyl (C=O) groups is 2. The predicted molar refractivity (Wildman–Crippen MR) is 125 cm³/mol. The number of carbonyl (C=O) groups excluding carboxylic acids is 2. The molecule has 0 bridgehead atoms. The zero-order valence-electron chi connectivity index (χ0n) is 19.7. The summed E-state index contributed by atoms with van der Waals surface area (Å²) >= 11 is 0. The Balaban J connectivity index is 2.12. The van der Waals surface area contributed by atoms with E-state index in [4.69, 9.17) is 9.47 Å². The first-order chi connectivity index (χ1) is 17.9. The van der Waals surface area contributed by atoms with Crippen molar-refractivity contribution in [3.63, 3.8) is 0 Å². The van der Waals surface area contributed by atoms with Crippen LogP contribution < -0.4 is 4.74 Å². The van der Waals surface area contributed by atoms with E-state index in [1.807, 2.05) is 0 Å². The Morgan fingerprint density at radius 2 is 1.71 bits per heavy atom. The number of nitro benzene ring substituents is 2. The molecule has 202 valence electrons. The van der Waals surface area contributed by atoms with E-state index < -0.39 is 56.2 Å². The van der Waals surface area contributed by atoms with Gasteiger partial charge in [0.2, 0.25) is 0 Å². The molecule has 11 nitrogen and oxygen atoms in total.